The highest BCUT2D eigenvalue weighted by Gasteiger charge is 2.43. The molecule has 3 aromatic heterocycles. The number of hydrogen-bond acceptors (Lipinski definition) is 6. The van der Waals surface area contributed by atoms with Crippen LogP contribution in [-0.4, -0.2) is 38.5 Å². The number of nitrogens with zero attached hydrogens (tertiary/aromatic N) is 5. The topological polar surface area (TPSA) is 98.4 Å². The monoisotopic (exact) mass is 411 g/mol. The largest absolute Gasteiger partial charge is 0.384 e. The number of nitrogen functional groups attached to an aromatic ring is 1. The summed E-state index contributed by atoms with van der Waals surface area (Å²) in [6, 6.07) is 2.13. The number of hydrogen-bond donors (Lipinski definition) is 2. The van der Waals surface area contributed by atoms with Crippen LogP contribution in [0.1, 0.15) is 37.8 Å². The summed E-state index contributed by atoms with van der Waals surface area (Å²) in [4.78, 5) is 16.0. The van der Waals surface area contributed by atoms with Gasteiger partial charge in [0.25, 0.3) is 0 Å². The molecule has 2 aliphatic rings. The van der Waals surface area contributed by atoms with Crippen LogP contribution in [0, 0.1) is 12.3 Å². The molecule has 0 amide bonds. The van der Waals surface area contributed by atoms with Crippen LogP contribution in [0.15, 0.2) is 24.7 Å². The van der Waals surface area contributed by atoms with Crippen molar-refractivity contribution < 1.29 is 0 Å². The maximum atomic E-state index is 6.46. The van der Waals surface area contributed by atoms with E-state index in [4.69, 9.17) is 28.1 Å². The van der Waals surface area contributed by atoms with Crippen molar-refractivity contribution in [2.24, 2.45) is 11.1 Å². The van der Waals surface area contributed by atoms with Crippen LogP contribution in [0.25, 0.3) is 16.8 Å². The fourth-order valence-corrected chi connectivity index (χ4v) is 5.39. The second kappa shape index (κ2) is 6.85. The Morgan fingerprint density at radius 3 is 2.72 bits per heavy atom. The van der Waals surface area contributed by atoms with Crippen molar-refractivity contribution in [2.45, 2.75) is 45.1 Å². The molecule has 1 aliphatic heterocycles. The molecule has 29 heavy (non-hydrogen) atoms. The lowest BCUT2D eigenvalue weighted by Crippen LogP contribution is -2.47. The fraction of sp³-hybridized carbons (Fsp3) is 0.476. The van der Waals surface area contributed by atoms with Crippen LogP contribution in [0.4, 0.5) is 11.8 Å². The quantitative estimate of drug-likeness (QED) is 0.670. The average Bonchev–Trinajstić information content (AvgIpc) is 3.32. The number of pyridine rings is 1. The summed E-state index contributed by atoms with van der Waals surface area (Å²) in [5.41, 5.74) is 16.1. The van der Waals surface area contributed by atoms with Crippen molar-refractivity contribution in [3.05, 3.63) is 35.4 Å². The second-order valence-electron chi connectivity index (χ2n) is 8.43. The van der Waals surface area contributed by atoms with E-state index in [1.54, 1.807) is 18.5 Å². The number of anilines is 2. The molecule has 5 rings (SSSR count). The first-order valence-corrected chi connectivity index (χ1v) is 10.6. The molecule has 7 nitrogen and oxygen atoms in total. The van der Waals surface area contributed by atoms with Gasteiger partial charge in [-0.2, -0.15) is 0 Å². The first-order valence-electron chi connectivity index (χ1n) is 10.2. The summed E-state index contributed by atoms with van der Waals surface area (Å²) in [5, 5.41) is 0.539. The first kappa shape index (κ1) is 18.6. The minimum absolute atomic E-state index is 0.321. The molecule has 0 bridgehead atoms. The standard InChI is InChI=1S/C21H26ClN7/c1-13-18(14-11-17(24)26-12-15(14)22)19-25-7-10-29(19)20(27-13)28-8-5-21(6-9-28)4-2-3-16(21)23/h7,10-12,16H,2-6,8-9,23H2,1H3,(H2,24,26)/t16-/m1/s1. The van der Waals surface area contributed by atoms with E-state index in [-0.39, 0.29) is 0 Å². The minimum Gasteiger partial charge on any atom is -0.384 e. The van der Waals surface area contributed by atoms with Crippen molar-refractivity contribution in [1.82, 2.24) is 19.4 Å². The zero-order valence-corrected chi connectivity index (χ0v) is 17.4. The molecule has 1 aliphatic carbocycles. The Hall–Kier alpha value is -2.38. The molecule has 1 saturated heterocycles. The lowest BCUT2D eigenvalue weighted by Gasteiger charge is -2.42. The Morgan fingerprint density at radius 1 is 1.21 bits per heavy atom. The Bertz CT molecular complexity index is 1070. The summed E-state index contributed by atoms with van der Waals surface area (Å²) in [5.74, 6) is 1.35. The second-order valence-corrected chi connectivity index (χ2v) is 8.84. The predicted molar refractivity (Wildman–Crippen MR) is 116 cm³/mol. The summed E-state index contributed by atoms with van der Waals surface area (Å²) in [6.45, 7) is 3.93. The predicted octanol–water partition coefficient (Wildman–Crippen LogP) is 3.43. The molecule has 0 radical (unpaired) electrons. The molecule has 1 atom stereocenters. The van der Waals surface area contributed by atoms with Gasteiger partial charge in [-0.1, -0.05) is 18.0 Å². The molecule has 4 N–H and O–H groups in total. The third kappa shape index (κ3) is 2.95. The number of piperidine rings is 1. The SMILES string of the molecule is Cc1nc(N2CCC3(CCC[C@H]3N)CC2)n2ccnc2c1-c1cc(N)ncc1Cl. The highest BCUT2D eigenvalue weighted by Crippen LogP contribution is 2.46. The van der Waals surface area contributed by atoms with Crippen LogP contribution in [0.5, 0.6) is 0 Å². The molecule has 1 saturated carbocycles. The molecule has 4 heterocycles. The van der Waals surface area contributed by atoms with E-state index in [0.717, 1.165) is 60.8 Å². The molecular formula is C21H26ClN7. The maximum Gasteiger partial charge on any atom is 0.211 e. The Kier molecular flexibility index (Phi) is 4.40. The highest BCUT2D eigenvalue weighted by atomic mass is 35.5. The summed E-state index contributed by atoms with van der Waals surface area (Å²) in [7, 11) is 0. The van der Waals surface area contributed by atoms with Gasteiger partial charge in [0.1, 0.15) is 11.5 Å². The van der Waals surface area contributed by atoms with Crippen molar-refractivity contribution in [3.63, 3.8) is 0 Å². The van der Waals surface area contributed by atoms with E-state index in [9.17, 15) is 0 Å². The van der Waals surface area contributed by atoms with Crippen molar-refractivity contribution in [2.75, 3.05) is 23.7 Å². The maximum absolute atomic E-state index is 6.46. The third-order valence-corrected chi connectivity index (χ3v) is 7.17. The first-order chi connectivity index (χ1) is 14.0. The smallest absolute Gasteiger partial charge is 0.211 e. The van der Waals surface area contributed by atoms with Gasteiger partial charge in [-0.15, -0.1) is 0 Å². The number of aryl methyl sites for hydroxylation is 1. The number of rotatable bonds is 2. The lowest BCUT2D eigenvalue weighted by molar-refractivity contribution is 0.197. The highest BCUT2D eigenvalue weighted by molar-refractivity contribution is 6.33. The van der Waals surface area contributed by atoms with Crippen molar-refractivity contribution in [3.8, 4) is 11.1 Å². The van der Waals surface area contributed by atoms with Crippen LogP contribution in [-0.2, 0) is 0 Å². The summed E-state index contributed by atoms with van der Waals surface area (Å²) < 4.78 is 2.06. The molecule has 0 unspecified atom stereocenters. The van der Waals surface area contributed by atoms with Crippen molar-refractivity contribution in [1.29, 1.82) is 0 Å². The number of halogens is 1. The fourth-order valence-electron chi connectivity index (χ4n) is 5.19. The Morgan fingerprint density at radius 2 is 2.00 bits per heavy atom. The molecule has 0 aromatic carbocycles. The molecule has 152 valence electrons. The third-order valence-electron chi connectivity index (χ3n) is 6.87. The summed E-state index contributed by atoms with van der Waals surface area (Å²) in [6.07, 6.45) is 11.3. The van der Waals surface area contributed by atoms with Gasteiger partial charge in [0.05, 0.1) is 10.7 Å². The molecule has 1 spiro atoms. The number of aromatic nitrogens is 4. The molecule has 2 fully saturated rings. The molecule has 8 heteroatoms. The Labute approximate surface area is 175 Å². The van der Waals surface area contributed by atoms with Crippen LogP contribution in [0.3, 0.4) is 0 Å². The van der Waals surface area contributed by atoms with Gasteiger partial charge in [-0.25, -0.2) is 15.0 Å². The van der Waals surface area contributed by atoms with Gasteiger partial charge >= 0.3 is 0 Å². The van der Waals surface area contributed by atoms with Gasteiger partial charge in [0.2, 0.25) is 5.95 Å². The zero-order chi connectivity index (χ0) is 20.2. The van der Waals surface area contributed by atoms with E-state index in [1.807, 2.05) is 13.1 Å². The number of nitrogens with two attached hydrogens (primary N) is 2. The summed E-state index contributed by atoms with van der Waals surface area (Å²) >= 11 is 6.44. The average molecular weight is 412 g/mol. The van der Waals surface area contributed by atoms with E-state index in [0.29, 0.717) is 22.3 Å². The molecule has 3 aromatic rings. The van der Waals surface area contributed by atoms with E-state index < -0.39 is 0 Å². The van der Waals surface area contributed by atoms with Gasteiger partial charge in [-0.05, 0) is 44.1 Å². The Balaban J connectivity index is 1.54. The molecular weight excluding hydrogens is 386 g/mol. The van der Waals surface area contributed by atoms with Gasteiger partial charge < -0.3 is 16.4 Å². The number of imidazole rings is 1. The number of fused-ring (bicyclic) bond motifs is 1. The van der Waals surface area contributed by atoms with Crippen LogP contribution in [0.2, 0.25) is 5.02 Å². The van der Waals surface area contributed by atoms with E-state index in [2.05, 4.69) is 19.3 Å². The van der Waals surface area contributed by atoms with Crippen molar-refractivity contribution >= 4 is 29.0 Å². The van der Waals surface area contributed by atoms with E-state index >= 15 is 0 Å². The van der Waals surface area contributed by atoms with E-state index in [1.165, 1.54) is 12.8 Å². The van der Waals surface area contributed by atoms with Crippen LogP contribution < -0.4 is 16.4 Å². The minimum atomic E-state index is 0.321. The van der Waals surface area contributed by atoms with Gasteiger partial charge in [-0.3, -0.25) is 4.40 Å². The lowest BCUT2D eigenvalue weighted by atomic mass is 9.74. The zero-order valence-electron chi connectivity index (χ0n) is 16.6. The van der Waals surface area contributed by atoms with Crippen LogP contribution >= 0.6 is 11.6 Å². The normalized spacial score (nSPS) is 21.3. The van der Waals surface area contributed by atoms with Gasteiger partial charge in [0, 0.05) is 48.8 Å². The van der Waals surface area contributed by atoms with Gasteiger partial charge in [0.15, 0.2) is 0 Å².